The molecule has 0 fully saturated rings. The second-order valence-electron chi connectivity index (χ2n) is 3.19. The molecule has 2 N–H and O–H groups in total. The summed E-state index contributed by atoms with van der Waals surface area (Å²) in [5.41, 5.74) is 2.39. The summed E-state index contributed by atoms with van der Waals surface area (Å²) in [4.78, 5) is 2.83. The van der Waals surface area contributed by atoms with Crippen LogP contribution < -0.4 is 0 Å². The standard InChI is InChI=1S/C10H7N4O/c15-8-3-1-2-7(4-8)9-5-10-11-6-12-14(10)13-9/h1-5,15H,(H,11,12). The molecular weight excluding hydrogens is 192 g/mol. The number of hydrogen-bond donors (Lipinski definition) is 2. The van der Waals surface area contributed by atoms with E-state index >= 15 is 0 Å². The van der Waals surface area contributed by atoms with Crippen LogP contribution in [-0.4, -0.2) is 24.9 Å². The van der Waals surface area contributed by atoms with Crippen LogP contribution in [0.5, 0.6) is 5.75 Å². The molecule has 0 saturated carbocycles. The highest BCUT2D eigenvalue weighted by Crippen LogP contribution is 2.22. The third-order valence-electron chi connectivity index (χ3n) is 2.16. The molecule has 5 nitrogen and oxygen atoms in total. The largest absolute Gasteiger partial charge is 0.508 e. The Morgan fingerprint density at radius 3 is 3.07 bits per heavy atom. The van der Waals surface area contributed by atoms with Gasteiger partial charge in [-0.25, -0.2) is 0 Å². The molecule has 0 atom stereocenters. The number of benzene rings is 1. The number of phenols is 1. The maximum absolute atomic E-state index is 9.34. The smallest absolute Gasteiger partial charge is 0.199 e. The Morgan fingerprint density at radius 1 is 1.33 bits per heavy atom. The first-order valence-corrected chi connectivity index (χ1v) is 4.44. The number of H-pyrrole nitrogens is 1. The molecule has 1 aromatic carbocycles. The van der Waals surface area contributed by atoms with Crippen molar-refractivity contribution in [1.82, 2.24) is 19.8 Å². The Balaban J connectivity index is 2.17. The number of fused-ring (bicyclic) bond motifs is 1. The Morgan fingerprint density at radius 2 is 2.27 bits per heavy atom. The minimum atomic E-state index is 0.226. The summed E-state index contributed by atoms with van der Waals surface area (Å²) in [6.07, 6.45) is 2.58. The van der Waals surface area contributed by atoms with E-state index in [2.05, 4.69) is 21.5 Å². The SMILES string of the molecule is Oc1cccc(-c2cc3[nH][c]nn3n2)c1. The summed E-state index contributed by atoms with van der Waals surface area (Å²) in [6.45, 7) is 0. The third-order valence-corrected chi connectivity index (χ3v) is 2.16. The molecule has 73 valence electrons. The highest BCUT2D eigenvalue weighted by Gasteiger charge is 2.05. The van der Waals surface area contributed by atoms with Gasteiger partial charge in [-0.2, -0.15) is 0 Å². The molecule has 0 saturated heterocycles. The number of aromatic hydroxyl groups is 1. The van der Waals surface area contributed by atoms with Crippen LogP contribution in [0.25, 0.3) is 16.9 Å². The van der Waals surface area contributed by atoms with Crippen molar-refractivity contribution in [2.75, 3.05) is 0 Å². The number of aromatic nitrogens is 4. The predicted molar refractivity (Wildman–Crippen MR) is 53.3 cm³/mol. The number of phenolic OH excluding ortho intramolecular Hbond substituents is 1. The Kier molecular flexibility index (Phi) is 1.53. The van der Waals surface area contributed by atoms with Gasteiger partial charge in [0.25, 0.3) is 0 Å². The van der Waals surface area contributed by atoms with Crippen LogP contribution in [0.1, 0.15) is 0 Å². The van der Waals surface area contributed by atoms with Gasteiger partial charge in [-0.05, 0) is 12.1 Å². The lowest BCUT2D eigenvalue weighted by Gasteiger charge is -1.95. The highest BCUT2D eigenvalue weighted by molar-refractivity contribution is 5.64. The van der Waals surface area contributed by atoms with Crippen LogP contribution in [-0.2, 0) is 0 Å². The van der Waals surface area contributed by atoms with Gasteiger partial charge in [-0.15, -0.1) is 14.8 Å². The van der Waals surface area contributed by atoms with Crippen molar-refractivity contribution in [3.8, 4) is 17.0 Å². The van der Waals surface area contributed by atoms with E-state index in [0.717, 1.165) is 16.9 Å². The van der Waals surface area contributed by atoms with Crippen LogP contribution in [0.15, 0.2) is 30.3 Å². The van der Waals surface area contributed by atoms with E-state index in [0.29, 0.717) is 0 Å². The molecule has 0 bridgehead atoms. The van der Waals surface area contributed by atoms with Crippen molar-refractivity contribution < 1.29 is 5.11 Å². The predicted octanol–water partition coefficient (Wildman–Crippen LogP) is 1.23. The molecular formula is C10H7N4O. The Bertz CT molecular complexity index is 582. The fourth-order valence-electron chi connectivity index (χ4n) is 1.47. The molecule has 2 aromatic heterocycles. The maximum Gasteiger partial charge on any atom is 0.199 e. The summed E-state index contributed by atoms with van der Waals surface area (Å²) in [7, 11) is 0. The zero-order valence-corrected chi connectivity index (χ0v) is 7.68. The fraction of sp³-hybridized carbons (Fsp3) is 0. The van der Waals surface area contributed by atoms with Crippen molar-refractivity contribution in [3.05, 3.63) is 36.7 Å². The summed E-state index contributed by atoms with van der Waals surface area (Å²) >= 11 is 0. The summed E-state index contributed by atoms with van der Waals surface area (Å²) in [6, 6.07) is 8.78. The van der Waals surface area contributed by atoms with Crippen LogP contribution in [0.4, 0.5) is 0 Å². The van der Waals surface area contributed by atoms with E-state index < -0.39 is 0 Å². The van der Waals surface area contributed by atoms with Gasteiger partial charge >= 0.3 is 0 Å². The summed E-state index contributed by atoms with van der Waals surface area (Å²) in [5.74, 6) is 0.226. The molecule has 2 heterocycles. The average molecular weight is 199 g/mol. The van der Waals surface area contributed by atoms with Crippen LogP contribution in [0.2, 0.25) is 0 Å². The number of nitrogens with zero attached hydrogens (tertiary/aromatic N) is 3. The first-order valence-electron chi connectivity index (χ1n) is 4.44. The van der Waals surface area contributed by atoms with Crippen molar-refractivity contribution in [1.29, 1.82) is 0 Å². The monoisotopic (exact) mass is 199 g/mol. The van der Waals surface area contributed by atoms with Gasteiger partial charge in [-0.1, -0.05) is 12.1 Å². The zero-order chi connectivity index (χ0) is 10.3. The topological polar surface area (TPSA) is 66.2 Å². The van der Waals surface area contributed by atoms with Gasteiger partial charge in [0.2, 0.25) is 0 Å². The summed E-state index contributed by atoms with van der Waals surface area (Å²) < 4.78 is 1.46. The minimum absolute atomic E-state index is 0.226. The second-order valence-corrected chi connectivity index (χ2v) is 3.19. The second kappa shape index (κ2) is 2.84. The molecule has 0 spiro atoms. The lowest BCUT2D eigenvalue weighted by atomic mass is 10.1. The molecule has 0 aliphatic heterocycles. The van der Waals surface area contributed by atoms with Crippen LogP contribution >= 0.6 is 0 Å². The van der Waals surface area contributed by atoms with Gasteiger partial charge in [0.1, 0.15) is 5.75 Å². The number of hydrogen-bond acceptors (Lipinski definition) is 3. The molecule has 0 unspecified atom stereocenters. The number of rotatable bonds is 1. The maximum atomic E-state index is 9.34. The van der Waals surface area contributed by atoms with E-state index in [1.807, 2.05) is 12.1 Å². The van der Waals surface area contributed by atoms with Crippen LogP contribution in [0.3, 0.4) is 0 Å². The van der Waals surface area contributed by atoms with E-state index in [4.69, 9.17) is 0 Å². The molecule has 0 aliphatic carbocycles. The van der Waals surface area contributed by atoms with Gasteiger partial charge < -0.3 is 10.1 Å². The van der Waals surface area contributed by atoms with Gasteiger partial charge in [0.05, 0.1) is 5.69 Å². The first-order chi connectivity index (χ1) is 7.33. The van der Waals surface area contributed by atoms with Crippen molar-refractivity contribution in [2.45, 2.75) is 0 Å². The van der Waals surface area contributed by atoms with Gasteiger partial charge in [0, 0.05) is 11.6 Å². The number of nitrogens with one attached hydrogen (secondary N) is 1. The highest BCUT2D eigenvalue weighted by atomic mass is 16.3. The molecule has 15 heavy (non-hydrogen) atoms. The minimum Gasteiger partial charge on any atom is -0.508 e. The molecule has 0 aliphatic rings. The van der Waals surface area contributed by atoms with Gasteiger partial charge in [0.15, 0.2) is 12.0 Å². The lowest BCUT2D eigenvalue weighted by molar-refractivity contribution is 0.475. The first kappa shape index (κ1) is 8.05. The summed E-state index contributed by atoms with van der Waals surface area (Å²) in [5, 5.41) is 17.4. The molecule has 0 amide bonds. The lowest BCUT2D eigenvalue weighted by Crippen LogP contribution is -1.86. The van der Waals surface area contributed by atoms with Crippen LogP contribution in [0, 0.1) is 6.33 Å². The fourth-order valence-corrected chi connectivity index (χ4v) is 1.47. The molecule has 3 rings (SSSR count). The molecule has 5 heteroatoms. The van der Waals surface area contributed by atoms with Crippen molar-refractivity contribution >= 4 is 5.65 Å². The van der Waals surface area contributed by atoms with E-state index in [9.17, 15) is 5.11 Å². The average Bonchev–Trinajstić information content (AvgIpc) is 2.76. The van der Waals surface area contributed by atoms with Crippen molar-refractivity contribution in [2.24, 2.45) is 0 Å². The van der Waals surface area contributed by atoms with Crippen molar-refractivity contribution in [3.63, 3.8) is 0 Å². The van der Waals surface area contributed by atoms with E-state index in [-0.39, 0.29) is 5.75 Å². The molecule has 1 radical (unpaired) electrons. The molecule has 3 aromatic rings. The van der Waals surface area contributed by atoms with Gasteiger partial charge in [-0.3, -0.25) is 0 Å². The quantitative estimate of drug-likeness (QED) is 0.619. The van der Waals surface area contributed by atoms with E-state index in [1.54, 1.807) is 18.2 Å². The number of aromatic amines is 1. The van der Waals surface area contributed by atoms with E-state index in [1.165, 1.54) is 4.63 Å². The Labute approximate surface area is 85.0 Å². The Hall–Kier alpha value is -2.30. The third kappa shape index (κ3) is 1.25. The normalized spacial score (nSPS) is 10.9. The zero-order valence-electron chi connectivity index (χ0n) is 7.68.